The number of nitrogens with one attached hydrogen (secondary N) is 1. The van der Waals surface area contributed by atoms with Crippen molar-refractivity contribution < 1.29 is 22.3 Å². The summed E-state index contributed by atoms with van der Waals surface area (Å²) in [6, 6.07) is 1.50. The molecule has 2 atom stereocenters. The molecule has 1 fully saturated rings. The first-order valence-corrected chi connectivity index (χ1v) is 8.45. The first-order valence-electron chi connectivity index (χ1n) is 6.97. The van der Waals surface area contributed by atoms with E-state index in [-0.39, 0.29) is 12.0 Å². The maximum atomic E-state index is 14.1. The number of rotatable bonds is 4. The van der Waals surface area contributed by atoms with Crippen LogP contribution in [0.25, 0.3) is 0 Å². The van der Waals surface area contributed by atoms with Crippen molar-refractivity contribution in [3.63, 3.8) is 0 Å². The second-order valence-electron chi connectivity index (χ2n) is 5.49. The van der Waals surface area contributed by atoms with E-state index in [4.69, 9.17) is 5.11 Å². The summed E-state index contributed by atoms with van der Waals surface area (Å²) < 4.78 is 54.5. The minimum Gasteiger partial charge on any atom is -0.391 e. The van der Waals surface area contributed by atoms with Crippen LogP contribution in [0.2, 0.25) is 0 Å². The second-order valence-corrected chi connectivity index (χ2v) is 7.17. The van der Waals surface area contributed by atoms with E-state index in [1.54, 1.807) is 0 Å². The standard InChI is InChI=1S/C14H19F2NO3S/c1-9-4-2-3-5-12(9)17-21(19,20)13-7-6-11(15)10(8-18)14(13)16/h6-7,9,12,17-18H,2-5,8H2,1H3. The van der Waals surface area contributed by atoms with Gasteiger partial charge < -0.3 is 5.11 Å². The fourth-order valence-corrected chi connectivity index (χ4v) is 4.16. The Hall–Kier alpha value is -1.05. The number of aliphatic hydroxyl groups excluding tert-OH is 1. The van der Waals surface area contributed by atoms with Crippen LogP contribution in [-0.2, 0) is 16.6 Å². The van der Waals surface area contributed by atoms with Gasteiger partial charge in [0.25, 0.3) is 0 Å². The molecule has 0 saturated heterocycles. The molecule has 0 bridgehead atoms. The zero-order valence-corrected chi connectivity index (χ0v) is 12.6. The lowest BCUT2D eigenvalue weighted by molar-refractivity contribution is 0.267. The molecule has 0 aromatic heterocycles. The van der Waals surface area contributed by atoms with E-state index in [2.05, 4.69) is 4.72 Å². The molecule has 0 aliphatic heterocycles. The van der Waals surface area contributed by atoms with Crippen molar-refractivity contribution in [2.75, 3.05) is 0 Å². The zero-order valence-electron chi connectivity index (χ0n) is 11.8. The van der Waals surface area contributed by atoms with E-state index in [1.165, 1.54) is 0 Å². The van der Waals surface area contributed by atoms with Gasteiger partial charge in [-0.05, 0) is 30.9 Å². The van der Waals surface area contributed by atoms with Crippen molar-refractivity contribution >= 4 is 10.0 Å². The number of benzene rings is 1. The first kappa shape index (κ1) is 16.3. The average Bonchev–Trinajstić information content (AvgIpc) is 2.41. The van der Waals surface area contributed by atoms with Gasteiger partial charge in [-0.25, -0.2) is 21.9 Å². The largest absolute Gasteiger partial charge is 0.391 e. The molecule has 0 amide bonds. The van der Waals surface area contributed by atoms with Gasteiger partial charge in [0.2, 0.25) is 10.0 Å². The second kappa shape index (κ2) is 6.37. The van der Waals surface area contributed by atoms with E-state index >= 15 is 0 Å². The Morgan fingerprint density at radius 1 is 1.29 bits per heavy atom. The first-order chi connectivity index (χ1) is 9.86. The van der Waals surface area contributed by atoms with Crippen LogP contribution >= 0.6 is 0 Å². The van der Waals surface area contributed by atoms with Crippen molar-refractivity contribution in [2.24, 2.45) is 5.92 Å². The van der Waals surface area contributed by atoms with E-state index in [1.807, 2.05) is 6.92 Å². The Morgan fingerprint density at radius 3 is 2.57 bits per heavy atom. The number of hydrogen-bond acceptors (Lipinski definition) is 3. The molecule has 1 aliphatic rings. The SMILES string of the molecule is CC1CCCCC1NS(=O)(=O)c1ccc(F)c(CO)c1F. The minimum absolute atomic E-state index is 0.175. The molecular formula is C14H19F2NO3S. The van der Waals surface area contributed by atoms with Gasteiger partial charge in [0.1, 0.15) is 10.7 Å². The molecule has 2 N–H and O–H groups in total. The summed E-state index contributed by atoms with van der Waals surface area (Å²) in [7, 11) is -4.08. The van der Waals surface area contributed by atoms with Crippen molar-refractivity contribution in [2.45, 2.75) is 50.2 Å². The van der Waals surface area contributed by atoms with Crippen LogP contribution in [0.3, 0.4) is 0 Å². The molecule has 21 heavy (non-hydrogen) atoms. The molecule has 1 aliphatic carbocycles. The van der Waals surface area contributed by atoms with Gasteiger partial charge in [-0.2, -0.15) is 0 Å². The van der Waals surface area contributed by atoms with Gasteiger partial charge in [-0.1, -0.05) is 19.8 Å². The van der Waals surface area contributed by atoms with Gasteiger partial charge in [0.05, 0.1) is 12.2 Å². The van der Waals surface area contributed by atoms with Gasteiger partial charge in [0, 0.05) is 6.04 Å². The minimum atomic E-state index is -4.08. The third kappa shape index (κ3) is 3.41. The lowest BCUT2D eigenvalue weighted by Gasteiger charge is -2.29. The summed E-state index contributed by atoms with van der Waals surface area (Å²) in [6.07, 6.45) is 3.60. The summed E-state index contributed by atoms with van der Waals surface area (Å²) in [5.41, 5.74) is -0.630. The molecular weight excluding hydrogens is 300 g/mol. The van der Waals surface area contributed by atoms with Crippen molar-refractivity contribution in [3.8, 4) is 0 Å². The van der Waals surface area contributed by atoms with Crippen LogP contribution in [-0.4, -0.2) is 19.6 Å². The Kier molecular flexibility index (Phi) is 4.95. The molecule has 1 saturated carbocycles. The number of sulfonamides is 1. The summed E-state index contributed by atoms with van der Waals surface area (Å²) in [5.74, 6) is -2.01. The number of hydrogen-bond donors (Lipinski definition) is 2. The lowest BCUT2D eigenvalue weighted by atomic mass is 9.87. The fraction of sp³-hybridized carbons (Fsp3) is 0.571. The van der Waals surface area contributed by atoms with Crippen molar-refractivity contribution in [1.82, 2.24) is 4.72 Å². The quantitative estimate of drug-likeness (QED) is 0.895. The van der Waals surface area contributed by atoms with Gasteiger partial charge >= 0.3 is 0 Å². The Bertz CT molecular complexity index is 619. The highest BCUT2D eigenvalue weighted by Crippen LogP contribution is 2.27. The third-order valence-corrected chi connectivity index (χ3v) is 5.52. The predicted molar refractivity (Wildman–Crippen MR) is 74.0 cm³/mol. The smallest absolute Gasteiger partial charge is 0.243 e. The van der Waals surface area contributed by atoms with Crippen LogP contribution in [0, 0.1) is 17.6 Å². The van der Waals surface area contributed by atoms with Crippen LogP contribution in [0.1, 0.15) is 38.2 Å². The maximum Gasteiger partial charge on any atom is 0.243 e. The highest BCUT2D eigenvalue weighted by molar-refractivity contribution is 7.89. The highest BCUT2D eigenvalue weighted by Gasteiger charge is 2.29. The predicted octanol–water partition coefficient (Wildman–Crippen LogP) is 2.31. The van der Waals surface area contributed by atoms with E-state index in [0.717, 1.165) is 31.4 Å². The molecule has 1 aromatic carbocycles. The normalized spacial score (nSPS) is 23.2. The van der Waals surface area contributed by atoms with Gasteiger partial charge in [-0.15, -0.1) is 0 Å². The monoisotopic (exact) mass is 319 g/mol. The van der Waals surface area contributed by atoms with Crippen LogP contribution in [0.15, 0.2) is 17.0 Å². The van der Waals surface area contributed by atoms with E-state index in [0.29, 0.717) is 6.42 Å². The topological polar surface area (TPSA) is 66.4 Å². The summed E-state index contributed by atoms with van der Waals surface area (Å²) in [4.78, 5) is -0.620. The van der Waals surface area contributed by atoms with Crippen LogP contribution in [0.5, 0.6) is 0 Å². The molecule has 7 heteroatoms. The Balaban J connectivity index is 2.31. The molecule has 2 rings (SSSR count). The van der Waals surface area contributed by atoms with Gasteiger partial charge in [0.15, 0.2) is 5.82 Å². The molecule has 0 spiro atoms. The third-order valence-electron chi connectivity index (χ3n) is 4.02. The zero-order chi connectivity index (χ0) is 15.6. The molecule has 2 unspecified atom stereocenters. The molecule has 0 heterocycles. The van der Waals surface area contributed by atoms with Crippen LogP contribution in [0.4, 0.5) is 8.78 Å². The fourth-order valence-electron chi connectivity index (χ4n) is 2.68. The van der Waals surface area contributed by atoms with E-state index < -0.39 is 38.7 Å². The Labute approximate surface area is 123 Å². The molecule has 1 aromatic rings. The number of halogens is 2. The van der Waals surface area contributed by atoms with E-state index in [9.17, 15) is 17.2 Å². The van der Waals surface area contributed by atoms with Crippen molar-refractivity contribution in [3.05, 3.63) is 29.3 Å². The molecule has 4 nitrogen and oxygen atoms in total. The van der Waals surface area contributed by atoms with Crippen molar-refractivity contribution in [1.29, 1.82) is 0 Å². The van der Waals surface area contributed by atoms with Crippen LogP contribution < -0.4 is 4.72 Å². The average molecular weight is 319 g/mol. The summed E-state index contributed by atoms with van der Waals surface area (Å²) >= 11 is 0. The Morgan fingerprint density at radius 2 is 1.95 bits per heavy atom. The molecule has 118 valence electrons. The maximum absolute atomic E-state index is 14.1. The lowest BCUT2D eigenvalue weighted by Crippen LogP contribution is -2.41. The summed E-state index contributed by atoms with van der Waals surface area (Å²) in [5, 5.41) is 8.96. The summed E-state index contributed by atoms with van der Waals surface area (Å²) in [6.45, 7) is 1.06. The number of aliphatic hydroxyl groups is 1. The highest BCUT2D eigenvalue weighted by atomic mass is 32.2. The van der Waals surface area contributed by atoms with Gasteiger partial charge in [-0.3, -0.25) is 0 Å². The molecule has 0 radical (unpaired) electrons.